The first-order valence-electron chi connectivity index (χ1n) is 6.53. The summed E-state index contributed by atoms with van der Waals surface area (Å²) in [4.78, 5) is 0.148. The number of nitrogens with two attached hydrogens (primary N) is 1. The Bertz CT molecular complexity index is 594. The average Bonchev–Trinajstić information content (AvgIpc) is 2.37. The predicted molar refractivity (Wildman–Crippen MR) is 84.3 cm³/mol. The number of piperidine rings is 1. The molecule has 2 rings (SSSR count). The highest BCUT2D eigenvalue weighted by molar-refractivity contribution is 9.10. The molecule has 0 radical (unpaired) electrons. The minimum Gasteiger partial charge on any atom is -0.329 e. The van der Waals surface area contributed by atoms with Crippen molar-refractivity contribution >= 4 is 37.6 Å². The van der Waals surface area contributed by atoms with Gasteiger partial charge in [-0.3, -0.25) is 0 Å². The first-order chi connectivity index (χ1) is 9.36. The normalized spacial score (nSPS) is 24.8. The Labute approximate surface area is 133 Å². The summed E-state index contributed by atoms with van der Waals surface area (Å²) in [5.41, 5.74) is 5.75. The Morgan fingerprint density at radius 2 is 2.20 bits per heavy atom. The van der Waals surface area contributed by atoms with Crippen LogP contribution in [0.5, 0.6) is 0 Å². The van der Waals surface area contributed by atoms with Crippen LogP contribution in [0, 0.1) is 5.92 Å². The summed E-state index contributed by atoms with van der Waals surface area (Å²) in [6.45, 7) is 2.95. The van der Waals surface area contributed by atoms with Gasteiger partial charge in [0.1, 0.15) is 4.90 Å². The summed E-state index contributed by atoms with van der Waals surface area (Å²) in [6.07, 6.45) is 1.65. The molecule has 0 aliphatic carbocycles. The van der Waals surface area contributed by atoms with Crippen LogP contribution in [0.3, 0.4) is 0 Å². The second-order valence-corrected chi connectivity index (χ2v) is 8.39. The number of benzene rings is 1. The van der Waals surface area contributed by atoms with Gasteiger partial charge in [0.25, 0.3) is 0 Å². The summed E-state index contributed by atoms with van der Waals surface area (Å²) in [6, 6.07) is 4.66. The van der Waals surface area contributed by atoms with E-state index in [1.165, 1.54) is 10.4 Å². The highest BCUT2D eigenvalue weighted by atomic mass is 79.9. The molecule has 4 nitrogen and oxygen atoms in total. The third-order valence-corrected chi connectivity index (χ3v) is 6.60. The zero-order valence-corrected chi connectivity index (χ0v) is 14.4. The topological polar surface area (TPSA) is 63.4 Å². The van der Waals surface area contributed by atoms with Crippen molar-refractivity contribution in [3.05, 3.63) is 27.7 Å². The maximum Gasteiger partial charge on any atom is 0.244 e. The van der Waals surface area contributed by atoms with E-state index < -0.39 is 10.0 Å². The zero-order valence-electron chi connectivity index (χ0n) is 11.2. The van der Waals surface area contributed by atoms with E-state index >= 15 is 0 Å². The molecule has 1 aliphatic rings. The number of halogens is 2. The minimum atomic E-state index is -3.59. The summed E-state index contributed by atoms with van der Waals surface area (Å²) in [5.74, 6) is 0.496. The van der Waals surface area contributed by atoms with Crippen molar-refractivity contribution in [1.29, 1.82) is 0 Å². The Kier molecular flexibility index (Phi) is 5.13. The van der Waals surface area contributed by atoms with Crippen LogP contribution in [0.15, 0.2) is 27.6 Å². The number of hydrogen-bond acceptors (Lipinski definition) is 3. The van der Waals surface area contributed by atoms with Crippen LogP contribution in [-0.4, -0.2) is 31.9 Å². The molecule has 1 saturated heterocycles. The Morgan fingerprint density at radius 1 is 1.50 bits per heavy atom. The average molecular weight is 382 g/mol. The van der Waals surface area contributed by atoms with Crippen LogP contribution in [0.4, 0.5) is 0 Å². The smallest absolute Gasteiger partial charge is 0.244 e. The molecule has 20 heavy (non-hydrogen) atoms. The highest BCUT2D eigenvalue weighted by Gasteiger charge is 2.35. The second-order valence-electron chi connectivity index (χ2n) is 5.21. The van der Waals surface area contributed by atoms with Gasteiger partial charge in [-0.15, -0.1) is 0 Å². The summed E-state index contributed by atoms with van der Waals surface area (Å²) < 4.78 is 27.8. The molecule has 2 N–H and O–H groups in total. The first-order valence-corrected chi connectivity index (χ1v) is 9.14. The van der Waals surface area contributed by atoms with Gasteiger partial charge in [-0.25, -0.2) is 8.42 Å². The molecule has 0 amide bonds. The molecule has 7 heteroatoms. The molecule has 1 fully saturated rings. The van der Waals surface area contributed by atoms with Crippen LogP contribution in [-0.2, 0) is 10.0 Å². The van der Waals surface area contributed by atoms with Gasteiger partial charge < -0.3 is 5.73 Å². The molecule has 2 unspecified atom stereocenters. The molecule has 2 atom stereocenters. The van der Waals surface area contributed by atoms with Crippen molar-refractivity contribution < 1.29 is 8.42 Å². The fraction of sp³-hybridized carbons (Fsp3) is 0.538. The van der Waals surface area contributed by atoms with Gasteiger partial charge in [0.15, 0.2) is 0 Å². The Morgan fingerprint density at radius 3 is 2.80 bits per heavy atom. The summed E-state index contributed by atoms with van der Waals surface area (Å²) in [7, 11) is -3.59. The molecule has 0 bridgehead atoms. The largest absolute Gasteiger partial charge is 0.329 e. The maximum absolute atomic E-state index is 12.8. The van der Waals surface area contributed by atoms with E-state index in [0.29, 0.717) is 19.0 Å². The molecular formula is C13H18BrClN2O2S. The Hall–Kier alpha value is -0.140. The van der Waals surface area contributed by atoms with Crippen molar-refractivity contribution in [2.24, 2.45) is 11.7 Å². The van der Waals surface area contributed by atoms with Crippen LogP contribution in [0.25, 0.3) is 0 Å². The number of rotatable bonds is 3. The van der Waals surface area contributed by atoms with Crippen LogP contribution in [0.1, 0.15) is 19.8 Å². The maximum atomic E-state index is 12.8. The lowest BCUT2D eigenvalue weighted by molar-refractivity contribution is 0.211. The van der Waals surface area contributed by atoms with E-state index in [2.05, 4.69) is 22.9 Å². The Balaban J connectivity index is 2.38. The van der Waals surface area contributed by atoms with Gasteiger partial charge in [0.05, 0.1) is 5.02 Å². The zero-order chi connectivity index (χ0) is 14.9. The van der Waals surface area contributed by atoms with Crippen molar-refractivity contribution in [1.82, 2.24) is 4.31 Å². The van der Waals surface area contributed by atoms with E-state index in [1.807, 2.05) is 0 Å². The van der Waals surface area contributed by atoms with Gasteiger partial charge >= 0.3 is 0 Å². The van der Waals surface area contributed by atoms with Gasteiger partial charge in [-0.2, -0.15) is 4.31 Å². The van der Waals surface area contributed by atoms with E-state index in [4.69, 9.17) is 17.3 Å². The fourth-order valence-electron chi connectivity index (χ4n) is 2.57. The molecule has 1 aliphatic heterocycles. The number of nitrogens with zero attached hydrogens (tertiary/aromatic N) is 1. The van der Waals surface area contributed by atoms with E-state index in [0.717, 1.165) is 17.3 Å². The van der Waals surface area contributed by atoms with E-state index in [-0.39, 0.29) is 16.0 Å². The third-order valence-electron chi connectivity index (χ3n) is 3.68. The van der Waals surface area contributed by atoms with Crippen molar-refractivity contribution in [3.8, 4) is 0 Å². The first kappa shape index (κ1) is 16.2. The molecule has 1 aromatic rings. The molecule has 112 valence electrons. The summed E-state index contributed by atoms with van der Waals surface area (Å²) >= 11 is 9.37. The molecule has 0 saturated carbocycles. The highest BCUT2D eigenvalue weighted by Crippen LogP contribution is 2.32. The monoisotopic (exact) mass is 380 g/mol. The van der Waals surface area contributed by atoms with E-state index in [9.17, 15) is 8.42 Å². The van der Waals surface area contributed by atoms with Crippen LogP contribution >= 0.6 is 27.5 Å². The lowest BCUT2D eigenvalue weighted by Crippen LogP contribution is -2.49. The van der Waals surface area contributed by atoms with Gasteiger partial charge in [-0.1, -0.05) is 34.5 Å². The molecular weight excluding hydrogens is 364 g/mol. The molecule has 0 spiro atoms. The number of hydrogen-bond donors (Lipinski definition) is 1. The van der Waals surface area contributed by atoms with Crippen LogP contribution in [0.2, 0.25) is 5.02 Å². The molecule has 1 aromatic carbocycles. The minimum absolute atomic E-state index is 0.148. The second kappa shape index (κ2) is 6.32. The van der Waals surface area contributed by atoms with E-state index in [1.54, 1.807) is 12.1 Å². The summed E-state index contributed by atoms with van der Waals surface area (Å²) in [5, 5.41) is 0.230. The van der Waals surface area contributed by atoms with Crippen molar-refractivity contribution in [2.45, 2.75) is 30.7 Å². The van der Waals surface area contributed by atoms with Crippen molar-refractivity contribution in [3.63, 3.8) is 0 Å². The van der Waals surface area contributed by atoms with Gasteiger partial charge in [0, 0.05) is 23.6 Å². The molecule has 0 aromatic heterocycles. The molecule has 1 heterocycles. The van der Waals surface area contributed by atoms with Gasteiger partial charge in [-0.05, 0) is 37.0 Å². The lowest BCUT2D eigenvalue weighted by atomic mass is 9.94. The lowest BCUT2D eigenvalue weighted by Gasteiger charge is -2.37. The quantitative estimate of drug-likeness (QED) is 0.875. The predicted octanol–water partition coefficient (Wildman–Crippen LogP) is 2.85. The third kappa shape index (κ3) is 3.20. The fourth-order valence-corrected chi connectivity index (χ4v) is 5.25. The van der Waals surface area contributed by atoms with Gasteiger partial charge in [0.2, 0.25) is 10.0 Å². The standard InChI is InChI=1S/C13H18BrClN2O2S/c1-9-4-5-17(11(6-9)8-16)20(18,19)13-3-2-10(14)7-12(13)15/h2-3,7,9,11H,4-6,8,16H2,1H3. The number of sulfonamides is 1. The van der Waals surface area contributed by atoms with Crippen LogP contribution < -0.4 is 5.73 Å². The SMILES string of the molecule is CC1CCN(S(=O)(=O)c2ccc(Br)cc2Cl)C(CN)C1. The van der Waals surface area contributed by atoms with Crippen molar-refractivity contribution in [2.75, 3.05) is 13.1 Å².